The topological polar surface area (TPSA) is 59.0 Å². The first-order chi connectivity index (χ1) is 13.4. The molecule has 0 saturated carbocycles. The minimum absolute atomic E-state index is 0.0923. The van der Waals surface area contributed by atoms with E-state index in [1.807, 2.05) is 36.5 Å². The van der Waals surface area contributed by atoms with Crippen molar-refractivity contribution in [3.05, 3.63) is 66.1 Å². The smallest absolute Gasteiger partial charge is 0.323 e. The van der Waals surface area contributed by atoms with E-state index in [0.29, 0.717) is 0 Å². The van der Waals surface area contributed by atoms with E-state index in [0.717, 1.165) is 47.8 Å². The molecular weight excluding hydrogens is 348 g/mol. The second kappa shape index (κ2) is 7.15. The molecular formula is C23H26N4O. The number of fused-ring (bicyclic) bond motifs is 1. The van der Waals surface area contributed by atoms with Crippen LogP contribution in [0.5, 0.6) is 0 Å². The van der Waals surface area contributed by atoms with E-state index in [4.69, 9.17) is 0 Å². The highest BCUT2D eigenvalue weighted by Gasteiger charge is 2.17. The number of carbonyl (C=O) groups is 1. The van der Waals surface area contributed by atoms with Crippen LogP contribution in [-0.2, 0) is 18.4 Å². The summed E-state index contributed by atoms with van der Waals surface area (Å²) in [6.07, 6.45) is 4.10. The van der Waals surface area contributed by atoms with Gasteiger partial charge in [-0.15, -0.1) is 0 Å². The molecule has 0 atom stereocenters. The Morgan fingerprint density at radius 2 is 1.79 bits per heavy atom. The maximum atomic E-state index is 12.4. The molecule has 5 heteroatoms. The molecule has 2 heterocycles. The predicted octanol–water partition coefficient (Wildman–Crippen LogP) is 5.44. The summed E-state index contributed by atoms with van der Waals surface area (Å²) in [6.45, 7) is 7.52. The Bertz CT molecular complexity index is 996. The van der Waals surface area contributed by atoms with Crippen LogP contribution in [0.25, 0.3) is 11.3 Å². The van der Waals surface area contributed by atoms with E-state index < -0.39 is 0 Å². The van der Waals surface area contributed by atoms with Crippen LogP contribution in [0.15, 0.2) is 54.7 Å². The van der Waals surface area contributed by atoms with Crippen LogP contribution >= 0.6 is 0 Å². The lowest BCUT2D eigenvalue weighted by atomic mass is 9.87. The second-order valence-corrected chi connectivity index (χ2v) is 8.30. The van der Waals surface area contributed by atoms with Crippen molar-refractivity contribution in [2.45, 2.75) is 45.6 Å². The molecule has 0 bridgehead atoms. The number of rotatable bonds is 3. The fraction of sp³-hybridized carbons (Fsp3) is 0.304. The van der Waals surface area contributed by atoms with Gasteiger partial charge in [-0.1, -0.05) is 45.0 Å². The number of hydrogen-bond donors (Lipinski definition) is 2. The molecule has 2 aromatic carbocycles. The van der Waals surface area contributed by atoms with Crippen molar-refractivity contribution >= 4 is 17.4 Å². The van der Waals surface area contributed by atoms with Gasteiger partial charge in [-0.25, -0.2) is 9.78 Å². The van der Waals surface area contributed by atoms with E-state index in [2.05, 4.69) is 59.2 Å². The van der Waals surface area contributed by atoms with Gasteiger partial charge in [-0.05, 0) is 41.7 Å². The number of nitrogens with zero attached hydrogens (tertiary/aromatic N) is 2. The van der Waals surface area contributed by atoms with E-state index in [9.17, 15) is 4.79 Å². The maximum absolute atomic E-state index is 12.4. The van der Waals surface area contributed by atoms with E-state index >= 15 is 0 Å². The van der Waals surface area contributed by atoms with Gasteiger partial charge in [0.15, 0.2) is 0 Å². The number of hydrogen-bond acceptors (Lipinski definition) is 2. The Morgan fingerprint density at radius 3 is 2.54 bits per heavy atom. The largest absolute Gasteiger partial charge is 0.328 e. The van der Waals surface area contributed by atoms with Gasteiger partial charge in [0, 0.05) is 29.9 Å². The van der Waals surface area contributed by atoms with Crippen molar-refractivity contribution in [1.29, 1.82) is 0 Å². The van der Waals surface area contributed by atoms with Crippen LogP contribution in [0.3, 0.4) is 0 Å². The summed E-state index contributed by atoms with van der Waals surface area (Å²) < 4.78 is 2.26. The highest BCUT2D eigenvalue weighted by molar-refractivity contribution is 6.00. The number of benzene rings is 2. The van der Waals surface area contributed by atoms with Crippen molar-refractivity contribution in [1.82, 2.24) is 9.55 Å². The maximum Gasteiger partial charge on any atom is 0.323 e. The minimum Gasteiger partial charge on any atom is -0.328 e. The summed E-state index contributed by atoms with van der Waals surface area (Å²) in [4.78, 5) is 16.9. The summed E-state index contributed by atoms with van der Waals surface area (Å²) in [5.74, 6) is 1.14. The second-order valence-electron chi connectivity index (χ2n) is 8.30. The van der Waals surface area contributed by atoms with Crippen LogP contribution < -0.4 is 10.6 Å². The molecule has 2 N–H and O–H groups in total. The van der Waals surface area contributed by atoms with Crippen LogP contribution in [0.2, 0.25) is 0 Å². The summed E-state index contributed by atoms with van der Waals surface area (Å²) in [5, 5.41) is 5.82. The van der Waals surface area contributed by atoms with Crippen LogP contribution in [0, 0.1) is 0 Å². The van der Waals surface area contributed by atoms with E-state index in [-0.39, 0.29) is 11.4 Å². The lowest BCUT2D eigenvalue weighted by Gasteiger charge is -2.19. The van der Waals surface area contributed by atoms with Crippen LogP contribution in [0.4, 0.5) is 16.2 Å². The van der Waals surface area contributed by atoms with E-state index in [1.54, 1.807) is 0 Å². The normalized spacial score (nSPS) is 13.2. The van der Waals surface area contributed by atoms with Crippen molar-refractivity contribution in [2.75, 3.05) is 10.6 Å². The number of nitrogens with one attached hydrogen (secondary N) is 2. The first kappa shape index (κ1) is 18.3. The Hall–Kier alpha value is -3.08. The molecule has 4 rings (SSSR count). The SMILES string of the molecule is CC(C)(C)c1ccc(NC(=O)Nc2cccc(-c3cnc4n3CCC4)c2)cc1. The van der Waals surface area contributed by atoms with Crippen LogP contribution in [0.1, 0.15) is 38.6 Å². The lowest BCUT2D eigenvalue weighted by Crippen LogP contribution is -2.19. The molecule has 0 aliphatic carbocycles. The van der Waals surface area contributed by atoms with Gasteiger partial charge in [0.05, 0.1) is 11.9 Å². The third-order valence-corrected chi connectivity index (χ3v) is 5.15. The molecule has 5 nitrogen and oxygen atoms in total. The van der Waals surface area contributed by atoms with Gasteiger partial charge in [0.25, 0.3) is 0 Å². The molecule has 28 heavy (non-hydrogen) atoms. The highest BCUT2D eigenvalue weighted by atomic mass is 16.2. The number of imidazole rings is 1. The Labute approximate surface area is 165 Å². The molecule has 1 aromatic heterocycles. The summed E-state index contributed by atoms with van der Waals surface area (Å²) >= 11 is 0. The Morgan fingerprint density at radius 1 is 1.04 bits per heavy atom. The van der Waals surface area contributed by atoms with Crippen molar-refractivity contribution in [3.8, 4) is 11.3 Å². The predicted molar refractivity (Wildman–Crippen MR) is 114 cm³/mol. The molecule has 1 aliphatic heterocycles. The fourth-order valence-corrected chi connectivity index (χ4v) is 3.59. The van der Waals surface area contributed by atoms with Gasteiger partial charge in [-0.2, -0.15) is 0 Å². The molecule has 0 saturated heterocycles. The molecule has 0 spiro atoms. The molecule has 0 unspecified atom stereocenters. The first-order valence-corrected chi connectivity index (χ1v) is 9.73. The molecule has 2 amide bonds. The van der Waals surface area contributed by atoms with Gasteiger partial charge >= 0.3 is 6.03 Å². The highest BCUT2D eigenvalue weighted by Crippen LogP contribution is 2.27. The van der Waals surface area contributed by atoms with Gasteiger partial charge in [0.2, 0.25) is 0 Å². The van der Waals surface area contributed by atoms with Crippen LogP contribution in [-0.4, -0.2) is 15.6 Å². The average molecular weight is 374 g/mol. The zero-order chi connectivity index (χ0) is 19.7. The van der Waals surface area contributed by atoms with Gasteiger partial charge in [-0.3, -0.25) is 0 Å². The lowest BCUT2D eigenvalue weighted by molar-refractivity contribution is 0.262. The number of carbonyl (C=O) groups excluding carboxylic acids is 1. The zero-order valence-electron chi connectivity index (χ0n) is 16.6. The quantitative estimate of drug-likeness (QED) is 0.641. The Balaban J connectivity index is 1.45. The zero-order valence-corrected chi connectivity index (χ0v) is 16.6. The number of aryl methyl sites for hydroxylation is 1. The monoisotopic (exact) mass is 374 g/mol. The van der Waals surface area contributed by atoms with Crippen molar-refractivity contribution in [2.24, 2.45) is 0 Å². The molecule has 3 aromatic rings. The first-order valence-electron chi connectivity index (χ1n) is 9.73. The summed E-state index contributed by atoms with van der Waals surface area (Å²) in [5.41, 5.74) is 5.03. The van der Waals surface area contributed by atoms with Gasteiger partial charge in [0.1, 0.15) is 5.82 Å². The number of aromatic nitrogens is 2. The van der Waals surface area contributed by atoms with Crippen molar-refractivity contribution in [3.63, 3.8) is 0 Å². The van der Waals surface area contributed by atoms with Gasteiger partial charge < -0.3 is 15.2 Å². The third kappa shape index (κ3) is 3.79. The Kier molecular flexibility index (Phi) is 4.67. The summed E-state index contributed by atoms with van der Waals surface area (Å²) in [7, 11) is 0. The number of urea groups is 1. The number of amides is 2. The standard InChI is InChI=1S/C23H26N4O/c1-23(2,3)17-9-11-18(12-10-17)25-22(28)26-19-7-4-6-16(14-19)20-15-24-21-8-5-13-27(20)21/h4,6-7,9-12,14-15H,5,8,13H2,1-3H3,(H2,25,26,28). The molecule has 0 radical (unpaired) electrons. The molecule has 0 fully saturated rings. The average Bonchev–Trinajstić information content (AvgIpc) is 3.25. The fourth-order valence-electron chi connectivity index (χ4n) is 3.59. The van der Waals surface area contributed by atoms with E-state index in [1.165, 1.54) is 5.56 Å². The summed E-state index contributed by atoms with van der Waals surface area (Å²) in [6, 6.07) is 15.6. The number of anilines is 2. The van der Waals surface area contributed by atoms with Crippen molar-refractivity contribution < 1.29 is 4.79 Å². The molecule has 144 valence electrons. The molecule has 1 aliphatic rings. The third-order valence-electron chi connectivity index (χ3n) is 5.15. The minimum atomic E-state index is -0.251.